The third-order valence-electron chi connectivity index (χ3n) is 5.54. The van der Waals surface area contributed by atoms with Gasteiger partial charge in [-0.3, -0.25) is 34.3 Å². The highest BCUT2D eigenvalue weighted by Crippen LogP contribution is 2.28. The number of hydrogen-bond acceptors (Lipinski definition) is 6. The van der Waals surface area contributed by atoms with Crippen molar-refractivity contribution in [3.63, 3.8) is 0 Å². The minimum Gasteiger partial charge on any atom is -0.328 e. The van der Waals surface area contributed by atoms with Gasteiger partial charge in [-0.15, -0.1) is 0 Å². The van der Waals surface area contributed by atoms with Crippen LogP contribution in [0.15, 0.2) is 18.2 Å². The van der Waals surface area contributed by atoms with Gasteiger partial charge in [-0.25, -0.2) is 0 Å². The topological polar surface area (TPSA) is 113 Å². The lowest BCUT2D eigenvalue weighted by atomic mass is 10.0. The molecule has 0 aliphatic carbocycles. The van der Waals surface area contributed by atoms with Gasteiger partial charge in [0.05, 0.1) is 11.1 Å². The number of piperidine rings is 2. The molecule has 0 saturated carbocycles. The first-order valence-corrected chi connectivity index (χ1v) is 9.26. The SMILES string of the molecule is NC1CCN(Cc2ccc3c(c2)C(=O)N(C2CCC(=O)NC2=O)C3=O)CC1. The normalized spacial score (nSPS) is 24.3. The van der Waals surface area contributed by atoms with Crippen molar-refractivity contribution in [3.05, 3.63) is 34.9 Å². The predicted molar refractivity (Wildman–Crippen MR) is 95.6 cm³/mol. The summed E-state index contributed by atoms with van der Waals surface area (Å²) in [6.45, 7) is 2.51. The second kappa shape index (κ2) is 6.86. The summed E-state index contributed by atoms with van der Waals surface area (Å²) >= 11 is 0. The molecule has 2 saturated heterocycles. The van der Waals surface area contributed by atoms with Crippen LogP contribution in [0.5, 0.6) is 0 Å². The molecule has 3 heterocycles. The number of amides is 4. The van der Waals surface area contributed by atoms with E-state index < -0.39 is 23.8 Å². The molecule has 1 unspecified atom stereocenters. The van der Waals surface area contributed by atoms with Crippen molar-refractivity contribution in [1.29, 1.82) is 0 Å². The molecular formula is C19H22N4O4. The van der Waals surface area contributed by atoms with E-state index in [2.05, 4.69) is 10.2 Å². The van der Waals surface area contributed by atoms with Gasteiger partial charge in [0.15, 0.2) is 0 Å². The van der Waals surface area contributed by atoms with Crippen LogP contribution < -0.4 is 11.1 Å². The molecule has 27 heavy (non-hydrogen) atoms. The van der Waals surface area contributed by atoms with Crippen LogP contribution in [0.4, 0.5) is 0 Å². The van der Waals surface area contributed by atoms with Crippen molar-refractivity contribution in [3.8, 4) is 0 Å². The van der Waals surface area contributed by atoms with Crippen molar-refractivity contribution in [1.82, 2.24) is 15.1 Å². The number of nitrogens with zero attached hydrogens (tertiary/aromatic N) is 2. The van der Waals surface area contributed by atoms with E-state index in [1.165, 1.54) is 0 Å². The molecule has 8 heteroatoms. The van der Waals surface area contributed by atoms with Crippen LogP contribution in [-0.4, -0.2) is 58.6 Å². The number of fused-ring (bicyclic) bond motifs is 1. The quantitative estimate of drug-likeness (QED) is 0.725. The lowest BCUT2D eigenvalue weighted by Crippen LogP contribution is -2.54. The predicted octanol–water partition coefficient (Wildman–Crippen LogP) is 0.0109. The Labute approximate surface area is 156 Å². The van der Waals surface area contributed by atoms with Crippen LogP contribution in [-0.2, 0) is 16.1 Å². The zero-order chi connectivity index (χ0) is 19.1. The summed E-state index contributed by atoms with van der Waals surface area (Å²) in [5.74, 6) is -1.91. The minimum atomic E-state index is -0.929. The van der Waals surface area contributed by atoms with E-state index in [1.54, 1.807) is 12.1 Å². The number of nitrogens with one attached hydrogen (secondary N) is 1. The molecule has 0 aromatic heterocycles. The summed E-state index contributed by atoms with van der Waals surface area (Å²) < 4.78 is 0. The molecule has 1 aromatic carbocycles. The average molecular weight is 370 g/mol. The summed E-state index contributed by atoms with van der Waals surface area (Å²) in [7, 11) is 0. The number of likely N-dealkylation sites (tertiary alicyclic amines) is 1. The van der Waals surface area contributed by atoms with Crippen molar-refractivity contribution in [2.45, 2.75) is 44.3 Å². The summed E-state index contributed by atoms with van der Waals surface area (Å²) in [6.07, 6.45) is 2.18. The molecular weight excluding hydrogens is 348 g/mol. The van der Waals surface area contributed by atoms with Gasteiger partial charge < -0.3 is 5.73 Å². The maximum absolute atomic E-state index is 12.8. The number of nitrogens with two attached hydrogens (primary N) is 1. The fourth-order valence-corrected chi connectivity index (χ4v) is 3.99. The number of carbonyl (C=O) groups excluding carboxylic acids is 4. The summed E-state index contributed by atoms with van der Waals surface area (Å²) in [6, 6.07) is 4.58. The highest BCUT2D eigenvalue weighted by atomic mass is 16.2. The monoisotopic (exact) mass is 370 g/mol. The van der Waals surface area contributed by atoms with E-state index in [9.17, 15) is 19.2 Å². The van der Waals surface area contributed by atoms with E-state index in [-0.39, 0.29) is 24.8 Å². The molecule has 142 valence electrons. The Balaban J connectivity index is 1.53. The number of rotatable bonds is 3. The van der Waals surface area contributed by atoms with Crippen molar-refractivity contribution >= 4 is 23.6 Å². The molecule has 3 N–H and O–H groups in total. The Morgan fingerprint density at radius 1 is 1.00 bits per heavy atom. The van der Waals surface area contributed by atoms with Crippen molar-refractivity contribution in [2.24, 2.45) is 5.73 Å². The Bertz CT molecular complexity index is 829. The highest BCUT2D eigenvalue weighted by Gasteiger charge is 2.44. The standard InChI is InChI=1S/C19H22N4O4/c20-12-5-7-22(8-6-12)10-11-1-2-13-14(9-11)19(27)23(18(13)26)15-3-4-16(24)21-17(15)25/h1-2,9,12,15H,3-8,10,20H2,(H,21,24,25). The smallest absolute Gasteiger partial charge is 0.262 e. The Morgan fingerprint density at radius 3 is 2.41 bits per heavy atom. The number of imide groups is 2. The molecule has 1 atom stereocenters. The molecule has 4 amide bonds. The van der Waals surface area contributed by atoms with E-state index in [1.807, 2.05) is 6.07 Å². The van der Waals surface area contributed by atoms with Crippen molar-refractivity contribution in [2.75, 3.05) is 13.1 Å². The van der Waals surface area contributed by atoms with E-state index >= 15 is 0 Å². The number of benzene rings is 1. The van der Waals surface area contributed by atoms with E-state index in [4.69, 9.17) is 5.73 Å². The van der Waals surface area contributed by atoms with Gasteiger partial charge in [0.2, 0.25) is 11.8 Å². The molecule has 2 fully saturated rings. The van der Waals surface area contributed by atoms with Crippen LogP contribution in [0.25, 0.3) is 0 Å². The van der Waals surface area contributed by atoms with E-state index in [0.717, 1.165) is 36.4 Å². The average Bonchev–Trinajstić information content (AvgIpc) is 2.88. The van der Waals surface area contributed by atoms with Crippen LogP contribution in [0, 0.1) is 0 Å². The number of carbonyl (C=O) groups is 4. The van der Waals surface area contributed by atoms with Gasteiger partial charge in [0.1, 0.15) is 6.04 Å². The van der Waals surface area contributed by atoms with Gasteiger partial charge in [0.25, 0.3) is 11.8 Å². The number of hydrogen-bond donors (Lipinski definition) is 2. The lowest BCUT2D eigenvalue weighted by molar-refractivity contribution is -0.136. The summed E-state index contributed by atoms with van der Waals surface area (Å²) in [5.41, 5.74) is 7.53. The zero-order valence-corrected chi connectivity index (χ0v) is 14.9. The van der Waals surface area contributed by atoms with Crippen LogP contribution >= 0.6 is 0 Å². The first-order chi connectivity index (χ1) is 12.9. The Kier molecular flexibility index (Phi) is 4.53. The van der Waals surface area contributed by atoms with Crippen LogP contribution in [0.3, 0.4) is 0 Å². The lowest BCUT2D eigenvalue weighted by Gasteiger charge is -2.30. The van der Waals surface area contributed by atoms with Gasteiger partial charge >= 0.3 is 0 Å². The first kappa shape index (κ1) is 17.8. The Hall–Kier alpha value is -2.58. The molecule has 0 spiro atoms. The third-order valence-corrected chi connectivity index (χ3v) is 5.54. The van der Waals surface area contributed by atoms with Gasteiger partial charge in [0, 0.05) is 19.0 Å². The third kappa shape index (κ3) is 3.26. The van der Waals surface area contributed by atoms with E-state index in [0.29, 0.717) is 17.7 Å². The van der Waals surface area contributed by atoms with Crippen LogP contribution in [0.1, 0.15) is 52.0 Å². The fourth-order valence-electron chi connectivity index (χ4n) is 3.99. The van der Waals surface area contributed by atoms with Gasteiger partial charge in [-0.05, 0) is 50.0 Å². The van der Waals surface area contributed by atoms with Gasteiger partial charge in [-0.2, -0.15) is 0 Å². The maximum Gasteiger partial charge on any atom is 0.262 e. The highest BCUT2D eigenvalue weighted by molar-refractivity contribution is 6.23. The molecule has 8 nitrogen and oxygen atoms in total. The molecule has 3 aliphatic rings. The molecule has 4 rings (SSSR count). The summed E-state index contributed by atoms with van der Waals surface area (Å²) in [5, 5.41) is 2.20. The first-order valence-electron chi connectivity index (χ1n) is 9.26. The molecule has 0 bridgehead atoms. The zero-order valence-electron chi connectivity index (χ0n) is 14.9. The molecule has 0 radical (unpaired) electrons. The Morgan fingerprint density at radius 2 is 1.70 bits per heavy atom. The molecule has 1 aromatic rings. The second-order valence-corrected chi connectivity index (χ2v) is 7.44. The fraction of sp³-hybridized carbons (Fsp3) is 0.474. The van der Waals surface area contributed by atoms with Gasteiger partial charge in [-0.1, -0.05) is 6.07 Å². The largest absolute Gasteiger partial charge is 0.328 e. The second-order valence-electron chi connectivity index (χ2n) is 7.44. The summed E-state index contributed by atoms with van der Waals surface area (Å²) in [4.78, 5) is 52.2. The van der Waals surface area contributed by atoms with Crippen molar-refractivity contribution < 1.29 is 19.2 Å². The molecule has 3 aliphatic heterocycles. The maximum atomic E-state index is 12.8. The van der Waals surface area contributed by atoms with Crippen LogP contribution in [0.2, 0.25) is 0 Å². The minimum absolute atomic E-state index is 0.117.